The number of carboxylic acids is 1. The summed E-state index contributed by atoms with van der Waals surface area (Å²) in [5.41, 5.74) is -1.09. The van der Waals surface area contributed by atoms with E-state index in [1.807, 2.05) is 12.1 Å². The first-order valence-corrected chi connectivity index (χ1v) is 5.56. The van der Waals surface area contributed by atoms with Crippen LogP contribution in [0.5, 0.6) is 0 Å². The number of rotatable bonds is 3. The van der Waals surface area contributed by atoms with Gasteiger partial charge in [0.15, 0.2) is 0 Å². The Morgan fingerprint density at radius 3 is 2.44 bits per heavy atom. The molecule has 1 aliphatic carbocycles. The summed E-state index contributed by atoms with van der Waals surface area (Å²) in [6.45, 7) is 0.930. The van der Waals surface area contributed by atoms with E-state index in [-0.39, 0.29) is 0 Å². The molecule has 0 amide bonds. The molecule has 2 heterocycles. The number of furan rings is 1. The zero-order valence-electron chi connectivity index (χ0n) is 8.94. The quantitative estimate of drug-likeness (QED) is 0.847. The lowest BCUT2D eigenvalue weighted by Crippen LogP contribution is -2.64. The fourth-order valence-electron chi connectivity index (χ4n) is 2.94. The molecule has 1 N–H and O–H groups in total. The zero-order valence-corrected chi connectivity index (χ0v) is 8.94. The lowest BCUT2D eigenvalue weighted by Gasteiger charge is -2.56. The van der Waals surface area contributed by atoms with E-state index in [0.717, 1.165) is 25.0 Å². The van der Waals surface area contributed by atoms with Crippen LogP contribution in [0, 0.1) is 5.41 Å². The predicted molar refractivity (Wildman–Crippen MR) is 55.1 cm³/mol. The smallest absolute Gasteiger partial charge is 0.310 e. The second kappa shape index (κ2) is 3.10. The Balaban J connectivity index is 2.05. The molecule has 2 fully saturated rings. The summed E-state index contributed by atoms with van der Waals surface area (Å²) in [7, 11) is 0. The van der Waals surface area contributed by atoms with E-state index in [4.69, 9.17) is 9.15 Å². The molecule has 1 saturated carbocycles. The van der Waals surface area contributed by atoms with Gasteiger partial charge in [-0.05, 0) is 25.0 Å². The topological polar surface area (TPSA) is 59.7 Å². The van der Waals surface area contributed by atoms with Gasteiger partial charge >= 0.3 is 5.97 Å². The van der Waals surface area contributed by atoms with Crippen molar-refractivity contribution >= 4 is 5.97 Å². The Morgan fingerprint density at radius 1 is 1.38 bits per heavy atom. The third-order valence-electron chi connectivity index (χ3n) is 4.22. The van der Waals surface area contributed by atoms with Gasteiger partial charge in [0.05, 0.1) is 30.3 Å². The van der Waals surface area contributed by atoms with Gasteiger partial charge in [0.2, 0.25) is 0 Å². The molecule has 0 spiro atoms. The van der Waals surface area contributed by atoms with Gasteiger partial charge in [0.25, 0.3) is 0 Å². The van der Waals surface area contributed by atoms with E-state index in [0.29, 0.717) is 13.2 Å². The number of carboxylic acid groups (broad SMARTS) is 1. The van der Waals surface area contributed by atoms with Crippen LogP contribution in [0.15, 0.2) is 22.8 Å². The summed E-state index contributed by atoms with van der Waals surface area (Å²) in [6, 6.07) is 3.68. The summed E-state index contributed by atoms with van der Waals surface area (Å²) in [5.74, 6) is 0.0549. The van der Waals surface area contributed by atoms with Crippen LogP contribution < -0.4 is 0 Å². The predicted octanol–water partition coefficient (Wildman–Crippen LogP) is 1.80. The highest BCUT2D eigenvalue weighted by Crippen LogP contribution is 2.58. The van der Waals surface area contributed by atoms with E-state index in [1.165, 1.54) is 0 Å². The van der Waals surface area contributed by atoms with E-state index in [1.54, 1.807) is 6.26 Å². The van der Waals surface area contributed by atoms with Crippen LogP contribution in [-0.4, -0.2) is 24.3 Å². The second-order valence-corrected chi connectivity index (χ2v) is 4.79. The van der Waals surface area contributed by atoms with Gasteiger partial charge in [-0.2, -0.15) is 0 Å². The third kappa shape index (κ3) is 0.955. The monoisotopic (exact) mass is 222 g/mol. The minimum Gasteiger partial charge on any atom is -0.481 e. The van der Waals surface area contributed by atoms with Crippen LogP contribution in [0.1, 0.15) is 25.0 Å². The Kier molecular flexibility index (Phi) is 1.92. The van der Waals surface area contributed by atoms with Crippen molar-refractivity contribution in [1.82, 2.24) is 0 Å². The molecule has 1 saturated heterocycles. The number of carbonyl (C=O) groups is 1. The fourth-order valence-corrected chi connectivity index (χ4v) is 2.94. The summed E-state index contributed by atoms with van der Waals surface area (Å²) in [5, 5.41) is 9.49. The molecule has 0 bridgehead atoms. The van der Waals surface area contributed by atoms with E-state index >= 15 is 0 Å². The average molecular weight is 222 g/mol. The molecule has 4 heteroatoms. The maximum absolute atomic E-state index is 11.5. The van der Waals surface area contributed by atoms with Gasteiger partial charge in [0, 0.05) is 0 Å². The molecule has 1 aromatic rings. The van der Waals surface area contributed by atoms with Crippen molar-refractivity contribution in [1.29, 1.82) is 0 Å². The molecule has 0 radical (unpaired) electrons. The highest BCUT2D eigenvalue weighted by Gasteiger charge is 2.65. The second-order valence-electron chi connectivity index (χ2n) is 4.79. The van der Waals surface area contributed by atoms with Crippen molar-refractivity contribution in [2.75, 3.05) is 13.2 Å². The first kappa shape index (κ1) is 9.90. The van der Waals surface area contributed by atoms with Crippen LogP contribution in [0.4, 0.5) is 0 Å². The zero-order chi connectivity index (χ0) is 11.2. The molecule has 3 rings (SSSR count). The van der Waals surface area contributed by atoms with Crippen molar-refractivity contribution in [2.45, 2.75) is 24.7 Å². The third-order valence-corrected chi connectivity index (χ3v) is 4.22. The molecular weight excluding hydrogens is 208 g/mol. The number of aliphatic carboxylic acids is 1. The Morgan fingerprint density at radius 2 is 2.12 bits per heavy atom. The lowest BCUT2D eigenvalue weighted by atomic mass is 9.51. The van der Waals surface area contributed by atoms with Crippen LogP contribution in [0.2, 0.25) is 0 Å². The van der Waals surface area contributed by atoms with Gasteiger partial charge in [0.1, 0.15) is 5.76 Å². The molecule has 1 aromatic heterocycles. The van der Waals surface area contributed by atoms with Gasteiger partial charge in [-0.1, -0.05) is 6.42 Å². The Bertz CT molecular complexity index is 399. The summed E-state index contributed by atoms with van der Waals surface area (Å²) in [4.78, 5) is 11.5. The summed E-state index contributed by atoms with van der Waals surface area (Å²) in [6.07, 6.45) is 4.04. The van der Waals surface area contributed by atoms with Crippen LogP contribution in [0.3, 0.4) is 0 Å². The van der Waals surface area contributed by atoms with Crippen LogP contribution in [0.25, 0.3) is 0 Å². The van der Waals surface area contributed by atoms with Crippen LogP contribution >= 0.6 is 0 Å². The lowest BCUT2D eigenvalue weighted by molar-refractivity contribution is -0.196. The molecular formula is C12H14O4. The molecule has 0 unspecified atom stereocenters. The van der Waals surface area contributed by atoms with Crippen molar-refractivity contribution in [2.24, 2.45) is 5.41 Å². The summed E-state index contributed by atoms with van der Waals surface area (Å²) < 4.78 is 10.7. The van der Waals surface area contributed by atoms with E-state index in [2.05, 4.69) is 0 Å². The van der Waals surface area contributed by atoms with Crippen molar-refractivity contribution in [3.63, 3.8) is 0 Å². The van der Waals surface area contributed by atoms with Gasteiger partial charge in [-0.3, -0.25) is 4.79 Å². The van der Waals surface area contributed by atoms with Crippen LogP contribution in [-0.2, 0) is 14.9 Å². The molecule has 1 aliphatic heterocycles. The minimum absolute atomic E-state index is 0.430. The van der Waals surface area contributed by atoms with E-state index < -0.39 is 16.8 Å². The Hall–Kier alpha value is -1.29. The highest BCUT2D eigenvalue weighted by molar-refractivity contribution is 5.78. The maximum Gasteiger partial charge on any atom is 0.310 e. The highest BCUT2D eigenvalue weighted by atomic mass is 16.5. The maximum atomic E-state index is 11.5. The normalized spacial score (nSPS) is 25.5. The number of hydrogen-bond acceptors (Lipinski definition) is 3. The number of ether oxygens (including phenoxy) is 1. The average Bonchev–Trinajstić information content (AvgIpc) is 2.59. The van der Waals surface area contributed by atoms with Crippen molar-refractivity contribution < 1.29 is 19.1 Å². The SMILES string of the molecule is O=C(O)C1(C2(c3ccco3)COC2)CCC1. The molecule has 16 heavy (non-hydrogen) atoms. The molecule has 2 aliphatic rings. The first-order valence-electron chi connectivity index (χ1n) is 5.56. The van der Waals surface area contributed by atoms with Gasteiger partial charge in [-0.25, -0.2) is 0 Å². The molecule has 0 atom stereocenters. The standard InChI is InChI=1S/C12H14O4/c13-10(14)11(4-2-5-11)12(7-15-8-12)9-3-1-6-16-9/h1,3,6H,2,4-5,7-8H2,(H,13,14). The number of hydrogen-bond donors (Lipinski definition) is 1. The Labute approximate surface area is 93.2 Å². The van der Waals surface area contributed by atoms with Gasteiger partial charge in [-0.15, -0.1) is 0 Å². The molecule has 86 valence electrons. The largest absolute Gasteiger partial charge is 0.481 e. The van der Waals surface area contributed by atoms with Crippen molar-refractivity contribution in [3.8, 4) is 0 Å². The van der Waals surface area contributed by atoms with Gasteiger partial charge < -0.3 is 14.3 Å². The molecule has 0 aromatic carbocycles. The fraction of sp³-hybridized carbons (Fsp3) is 0.583. The van der Waals surface area contributed by atoms with E-state index in [9.17, 15) is 9.90 Å². The minimum atomic E-state index is -0.710. The van der Waals surface area contributed by atoms with Crippen molar-refractivity contribution in [3.05, 3.63) is 24.2 Å². The summed E-state index contributed by atoms with van der Waals surface area (Å²) >= 11 is 0. The first-order chi connectivity index (χ1) is 7.71. The molecule has 4 nitrogen and oxygen atoms in total.